The first-order valence-electron chi connectivity index (χ1n) is 6.28. The number of halogens is 1. The molecule has 1 amide bonds. The van der Waals surface area contributed by atoms with E-state index in [0.29, 0.717) is 17.5 Å². The van der Waals surface area contributed by atoms with E-state index < -0.39 is 0 Å². The Labute approximate surface area is 122 Å². The fourth-order valence-corrected chi connectivity index (χ4v) is 2.87. The van der Waals surface area contributed by atoms with E-state index in [4.69, 9.17) is 0 Å². The summed E-state index contributed by atoms with van der Waals surface area (Å²) in [5.41, 5.74) is 0.703. The molecule has 0 radical (unpaired) electrons. The third-order valence-electron chi connectivity index (χ3n) is 3.00. The summed E-state index contributed by atoms with van der Waals surface area (Å²) in [6.45, 7) is 5.12. The highest BCUT2D eigenvalue weighted by Gasteiger charge is 2.33. The van der Waals surface area contributed by atoms with Crippen molar-refractivity contribution in [2.75, 3.05) is 6.54 Å². The molecular weight excluding hydrogens is 310 g/mol. The van der Waals surface area contributed by atoms with Crippen LogP contribution in [0.1, 0.15) is 37.0 Å². The van der Waals surface area contributed by atoms with Crippen LogP contribution in [-0.2, 0) is 0 Å². The lowest BCUT2D eigenvalue weighted by Gasteiger charge is -2.25. The molecule has 1 fully saturated rings. The third-order valence-corrected chi connectivity index (χ3v) is 3.86. The van der Waals surface area contributed by atoms with Gasteiger partial charge in [-0.2, -0.15) is 0 Å². The van der Waals surface area contributed by atoms with Gasteiger partial charge in [-0.05, 0) is 37.0 Å². The second kappa shape index (κ2) is 5.66. The number of carbonyl (C=O) groups excluding carboxylic acids is 1. The highest BCUT2D eigenvalue weighted by molar-refractivity contribution is 9.10. The first-order chi connectivity index (χ1) is 8.49. The molecule has 2 nitrogen and oxygen atoms in total. The Hall–Kier alpha value is -0.480. The van der Waals surface area contributed by atoms with Crippen LogP contribution in [0.2, 0.25) is 0 Å². The van der Waals surface area contributed by atoms with E-state index in [9.17, 15) is 4.79 Å². The van der Waals surface area contributed by atoms with Gasteiger partial charge in [-0.15, -0.1) is 12.6 Å². The van der Waals surface area contributed by atoms with Crippen LogP contribution in [0.15, 0.2) is 27.6 Å². The molecule has 1 aromatic carbocycles. The molecular formula is C14H18BrNOS. The van der Waals surface area contributed by atoms with E-state index in [1.165, 1.54) is 0 Å². The normalized spacial score (nSPS) is 14.9. The van der Waals surface area contributed by atoms with Gasteiger partial charge in [-0.1, -0.05) is 29.8 Å². The van der Waals surface area contributed by atoms with E-state index in [-0.39, 0.29) is 5.91 Å². The minimum Gasteiger partial charge on any atom is -0.335 e. The summed E-state index contributed by atoms with van der Waals surface area (Å²) in [5.74, 6) is 0.608. The monoisotopic (exact) mass is 327 g/mol. The Kier molecular flexibility index (Phi) is 4.38. The van der Waals surface area contributed by atoms with Crippen LogP contribution in [-0.4, -0.2) is 23.4 Å². The van der Waals surface area contributed by atoms with Crippen molar-refractivity contribution < 1.29 is 4.79 Å². The summed E-state index contributed by atoms with van der Waals surface area (Å²) < 4.78 is 0.950. The summed E-state index contributed by atoms with van der Waals surface area (Å²) in [6.07, 6.45) is 2.27. The van der Waals surface area contributed by atoms with Gasteiger partial charge in [-0.25, -0.2) is 0 Å². The van der Waals surface area contributed by atoms with Gasteiger partial charge in [0.15, 0.2) is 0 Å². The Balaban J connectivity index is 2.22. The molecule has 0 aliphatic heterocycles. The average Bonchev–Trinajstić information content (AvgIpc) is 3.08. The maximum atomic E-state index is 12.6. The fourth-order valence-electron chi connectivity index (χ4n) is 2.02. The number of amides is 1. The molecule has 0 bridgehead atoms. The number of nitrogens with zero attached hydrogens (tertiary/aromatic N) is 1. The topological polar surface area (TPSA) is 20.3 Å². The fraction of sp³-hybridized carbons (Fsp3) is 0.500. The first-order valence-corrected chi connectivity index (χ1v) is 7.52. The van der Waals surface area contributed by atoms with E-state index in [2.05, 4.69) is 42.4 Å². The summed E-state index contributed by atoms with van der Waals surface area (Å²) in [5, 5.41) is 0. The van der Waals surface area contributed by atoms with Gasteiger partial charge < -0.3 is 4.90 Å². The van der Waals surface area contributed by atoms with Crippen molar-refractivity contribution in [2.45, 2.75) is 37.6 Å². The van der Waals surface area contributed by atoms with Crippen LogP contribution in [0.5, 0.6) is 0 Å². The van der Waals surface area contributed by atoms with Gasteiger partial charge in [0.05, 0.1) is 5.56 Å². The number of thiol groups is 1. The highest BCUT2D eigenvalue weighted by atomic mass is 79.9. The van der Waals surface area contributed by atoms with Crippen LogP contribution in [0.3, 0.4) is 0 Å². The summed E-state index contributed by atoms with van der Waals surface area (Å²) >= 11 is 7.79. The summed E-state index contributed by atoms with van der Waals surface area (Å²) in [6, 6.07) is 6.06. The largest absolute Gasteiger partial charge is 0.335 e. The molecule has 0 unspecified atom stereocenters. The lowest BCUT2D eigenvalue weighted by molar-refractivity contribution is 0.0719. The molecule has 1 aliphatic rings. The van der Waals surface area contributed by atoms with Gasteiger partial charge in [0.2, 0.25) is 0 Å². The molecule has 0 heterocycles. The van der Waals surface area contributed by atoms with Crippen molar-refractivity contribution in [2.24, 2.45) is 5.92 Å². The Morgan fingerprint density at radius 2 is 2.17 bits per heavy atom. The van der Waals surface area contributed by atoms with E-state index in [0.717, 1.165) is 28.8 Å². The van der Waals surface area contributed by atoms with Crippen molar-refractivity contribution in [3.05, 3.63) is 28.2 Å². The highest BCUT2D eigenvalue weighted by Crippen LogP contribution is 2.30. The van der Waals surface area contributed by atoms with Gasteiger partial charge >= 0.3 is 0 Å². The molecule has 98 valence electrons. The Morgan fingerprint density at radius 3 is 2.67 bits per heavy atom. The molecule has 1 aliphatic carbocycles. The van der Waals surface area contributed by atoms with Gasteiger partial charge in [0, 0.05) is 22.0 Å². The molecule has 1 aromatic rings. The molecule has 2 rings (SSSR count). The predicted molar refractivity (Wildman–Crippen MR) is 80.3 cm³/mol. The first kappa shape index (κ1) is 13.9. The second-order valence-corrected chi connectivity index (χ2v) is 6.64. The molecule has 0 spiro atoms. The maximum absolute atomic E-state index is 12.6. The van der Waals surface area contributed by atoms with Gasteiger partial charge in [0.25, 0.3) is 5.91 Å². The molecule has 0 N–H and O–H groups in total. The maximum Gasteiger partial charge on any atom is 0.255 e. The third kappa shape index (κ3) is 3.29. The minimum atomic E-state index is 0.115. The zero-order valence-electron chi connectivity index (χ0n) is 10.7. The Bertz CT molecular complexity index is 457. The van der Waals surface area contributed by atoms with Crippen molar-refractivity contribution in [3.63, 3.8) is 0 Å². The molecule has 0 aromatic heterocycles. The van der Waals surface area contributed by atoms with E-state index in [1.54, 1.807) is 0 Å². The summed E-state index contributed by atoms with van der Waals surface area (Å²) in [4.78, 5) is 15.3. The second-order valence-electron chi connectivity index (χ2n) is 5.24. The Morgan fingerprint density at radius 1 is 1.50 bits per heavy atom. The van der Waals surface area contributed by atoms with Crippen LogP contribution >= 0.6 is 28.6 Å². The van der Waals surface area contributed by atoms with Crippen LogP contribution in [0, 0.1) is 5.92 Å². The average molecular weight is 328 g/mol. The van der Waals surface area contributed by atoms with Crippen LogP contribution < -0.4 is 0 Å². The van der Waals surface area contributed by atoms with Crippen molar-refractivity contribution in [1.82, 2.24) is 4.90 Å². The molecule has 1 saturated carbocycles. The zero-order chi connectivity index (χ0) is 13.3. The standard InChI is InChI=1S/C14H18BrNOS/c1-9(2)8-16(11-4-5-11)14(17)12-6-3-10(15)7-13(12)18/h3,6-7,9,11,18H,4-5,8H2,1-2H3. The minimum absolute atomic E-state index is 0.115. The lowest BCUT2D eigenvalue weighted by atomic mass is 10.1. The number of rotatable bonds is 4. The number of benzene rings is 1. The molecule has 18 heavy (non-hydrogen) atoms. The smallest absolute Gasteiger partial charge is 0.255 e. The van der Waals surface area contributed by atoms with Gasteiger partial charge in [0.1, 0.15) is 0 Å². The van der Waals surface area contributed by atoms with Crippen LogP contribution in [0.4, 0.5) is 0 Å². The van der Waals surface area contributed by atoms with Crippen molar-refractivity contribution in [1.29, 1.82) is 0 Å². The molecule has 4 heteroatoms. The zero-order valence-corrected chi connectivity index (χ0v) is 13.2. The predicted octanol–water partition coefficient (Wildman–Crippen LogP) is 4.00. The number of hydrogen-bond acceptors (Lipinski definition) is 2. The molecule has 0 atom stereocenters. The van der Waals surface area contributed by atoms with Crippen LogP contribution in [0.25, 0.3) is 0 Å². The van der Waals surface area contributed by atoms with E-state index >= 15 is 0 Å². The van der Waals surface area contributed by atoms with Gasteiger partial charge in [-0.3, -0.25) is 4.79 Å². The van der Waals surface area contributed by atoms with Crippen molar-refractivity contribution in [3.8, 4) is 0 Å². The number of carbonyl (C=O) groups is 1. The SMILES string of the molecule is CC(C)CN(C(=O)c1ccc(Br)cc1S)C1CC1. The molecule has 0 saturated heterocycles. The summed E-state index contributed by atoms with van der Waals surface area (Å²) in [7, 11) is 0. The number of hydrogen-bond donors (Lipinski definition) is 1. The lowest BCUT2D eigenvalue weighted by Crippen LogP contribution is -2.36. The van der Waals surface area contributed by atoms with Crippen molar-refractivity contribution >= 4 is 34.5 Å². The quantitative estimate of drug-likeness (QED) is 0.829. The van der Waals surface area contributed by atoms with E-state index in [1.807, 2.05) is 23.1 Å².